The van der Waals surface area contributed by atoms with Gasteiger partial charge < -0.3 is 4.74 Å². The Morgan fingerprint density at radius 3 is 2.89 bits per heavy atom. The lowest BCUT2D eigenvalue weighted by Gasteiger charge is -2.29. The highest BCUT2D eigenvalue weighted by molar-refractivity contribution is 7.20. The van der Waals surface area contributed by atoms with Crippen LogP contribution in [0.1, 0.15) is 36.3 Å². The predicted octanol–water partition coefficient (Wildman–Crippen LogP) is 3.26. The molecule has 7 nitrogen and oxygen atoms in total. The number of carbonyl (C=O) groups excluding carboxylic acids is 2. The second kappa shape index (κ2) is 6.70. The monoisotopic (exact) mass is 382 g/mol. The Labute approximate surface area is 159 Å². The molecule has 1 aliphatic rings. The first-order chi connectivity index (χ1) is 12.9. The van der Waals surface area contributed by atoms with Gasteiger partial charge in [0.2, 0.25) is 5.95 Å². The van der Waals surface area contributed by atoms with Gasteiger partial charge in [0.15, 0.2) is 12.4 Å². The third-order valence-electron chi connectivity index (χ3n) is 4.31. The molecule has 0 saturated heterocycles. The molecule has 0 unspecified atom stereocenters. The topological polar surface area (TPSA) is 94.1 Å². The van der Waals surface area contributed by atoms with Crippen LogP contribution in [-0.4, -0.2) is 33.2 Å². The molecule has 1 aliphatic carbocycles. The van der Waals surface area contributed by atoms with E-state index in [1.54, 1.807) is 0 Å². The molecule has 8 heteroatoms. The number of nitrogens with one attached hydrogen (secondary N) is 1. The van der Waals surface area contributed by atoms with Gasteiger partial charge in [0.1, 0.15) is 0 Å². The van der Waals surface area contributed by atoms with E-state index < -0.39 is 0 Å². The number of ether oxygens (including phenoxy) is 1. The maximum Gasteiger partial charge on any atom is 0.274 e. The molecule has 1 aromatic carbocycles. The summed E-state index contributed by atoms with van der Waals surface area (Å²) in [5.74, 6) is -0.161. The molecule has 2 aromatic heterocycles. The summed E-state index contributed by atoms with van der Waals surface area (Å²) in [5, 5.41) is 3.05. The van der Waals surface area contributed by atoms with E-state index >= 15 is 0 Å². The van der Waals surface area contributed by atoms with Crippen LogP contribution in [0.5, 0.6) is 5.19 Å². The van der Waals surface area contributed by atoms with Gasteiger partial charge in [-0.05, 0) is 24.0 Å². The van der Waals surface area contributed by atoms with Crippen molar-refractivity contribution in [2.45, 2.75) is 26.7 Å². The van der Waals surface area contributed by atoms with Crippen molar-refractivity contribution in [2.24, 2.45) is 5.41 Å². The van der Waals surface area contributed by atoms with E-state index in [1.807, 2.05) is 38.1 Å². The van der Waals surface area contributed by atoms with Crippen molar-refractivity contribution in [1.82, 2.24) is 15.0 Å². The summed E-state index contributed by atoms with van der Waals surface area (Å²) in [7, 11) is 0. The summed E-state index contributed by atoms with van der Waals surface area (Å²) in [6.07, 6.45) is 2.64. The fraction of sp³-hybridized carbons (Fsp3) is 0.316. The zero-order valence-electron chi connectivity index (χ0n) is 15.0. The first kappa shape index (κ1) is 17.5. The van der Waals surface area contributed by atoms with Gasteiger partial charge in [-0.15, -0.1) is 0 Å². The van der Waals surface area contributed by atoms with Crippen molar-refractivity contribution in [1.29, 1.82) is 0 Å². The van der Waals surface area contributed by atoms with E-state index in [1.165, 1.54) is 17.5 Å². The average Bonchev–Trinajstić information content (AvgIpc) is 3.01. The van der Waals surface area contributed by atoms with E-state index in [0.717, 1.165) is 10.2 Å². The molecule has 1 amide bonds. The zero-order valence-corrected chi connectivity index (χ0v) is 15.8. The lowest BCUT2D eigenvalue weighted by molar-refractivity contribution is -0.118. The van der Waals surface area contributed by atoms with Crippen molar-refractivity contribution >= 4 is 39.2 Å². The number of carbonyl (C=O) groups is 2. The first-order valence-corrected chi connectivity index (χ1v) is 9.39. The van der Waals surface area contributed by atoms with Crippen LogP contribution in [0.25, 0.3) is 10.2 Å². The van der Waals surface area contributed by atoms with Gasteiger partial charge in [-0.3, -0.25) is 14.9 Å². The third kappa shape index (κ3) is 3.80. The maximum atomic E-state index is 12.2. The van der Waals surface area contributed by atoms with E-state index in [9.17, 15) is 9.59 Å². The van der Waals surface area contributed by atoms with Gasteiger partial charge in [-0.25, -0.2) is 15.0 Å². The molecule has 0 radical (unpaired) electrons. The number of hydrogen-bond acceptors (Lipinski definition) is 7. The standard InChI is InChI=1S/C19H18N4O3S/c1-19(2)7-13-11(14(24)8-19)9-20-17(21-13)23-16(25)10-26-18-22-12-5-3-4-6-15(12)27-18/h3-6,9H,7-8,10H2,1-2H3,(H,20,21,23,25). The number of anilines is 1. The molecule has 0 saturated carbocycles. The Morgan fingerprint density at radius 2 is 2.07 bits per heavy atom. The number of para-hydroxylation sites is 1. The number of aromatic nitrogens is 3. The first-order valence-electron chi connectivity index (χ1n) is 8.57. The fourth-order valence-corrected chi connectivity index (χ4v) is 3.91. The molecular weight excluding hydrogens is 364 g/mol. The van der Waals surface area contributed by atoms with Crippen LogP contribution in [0.15, 0.2) is 30.5 Å². The van der Waals surface area contributed by atoms with Crippen molar-refractivity contribution < 1.29 is 14.3 Å². The number of ketones is 1. The quantitative estimate of drug-likeness (QED) is 0.744. The van der Waals surface area contributed by atoms with Crippen LogP contribution in [-0.2, 0) is 11.2 Å². The molecule has 4 rings (SSSR count). The largest absolute Gasteiger partial charge is 0.460 e. The molecule has 138 valence electrons. The highest BCUT2D eigenvalue weighted by Crippen LogP contribution is 2.33. The van der Waals surface area contributed by atoms with Crippen LogP contribution in [0, 0.1) is 5.41 Å². The Kier molecular flexibility index (Phi) is 4.35. The Bertz CT molecular complexity index is 1010. The Morgan fingerprint density at radius 1 is 1.26 bits per heavy atom. The summed E-state index contributed by atoms with van der Waals surface area (Å²) >= 11 is 1.38. The second-order valence-corrected chi connectivity index (χ2v) is 8.27. The minimum absolute atomic E-state index is 0.0401. The predicted molar refractivity (Wildman–Crippen MR) is 102 cm³/mol. The molecular formula is C19H18N4O3S. The van der Waals surface area contributed by atoms with E-state index in [-0.39, 0.29) is 29.7 Å². The number of rotatable bonds is 4. The van der Waals surface area contributed by atoms with Gasteiger partial charge >= 0.3 is 0 Å². The van der Waals surface area contributed by atoms with E-state index in [4.69, 9.17) is 4.74 Å². The van der Waals surface area contributed by atoms with Gasteiger partial charge in [-0.2, -0.15) is 0 Å². The number of fused-ring (bicyclic) bond motifs is 2. The SMILES string of the molecule is CC1(C)CC(=O)c2cnc(NC(=O)COc3nc4ccccc4s3)nc2C1. The molecule has 27 heavy (non-hydrogen) atoms. The number of amides is 1. The van der Waals surface area contributed by atoms with Crippen LogP contribution in [0.4, 0.5) is 5.95 Å². The van der Waals surface area contributed by atoms with Crippen molar-refractivity contribution in [3.8, 4) is 5.19 Å². The lowest BCUT2D eigenvalue weighted by Crippen LogP contribution is -2.29. The van der Waals surface area contributed by atoms with Crippen LogP contribution >= 0.6 is 11.3 Å². The molecule has 1 N–H and O–H groups in total. The van der Waals surface area contributed by atoms with E-state index in [2.05, 4.69) is 20.3 Å². The molecule has 0 aliphatic heterocycles. The van der Waals surface area contributed by atoms with Crippen LogP contribution in [0.2, 0.25) is 0 Å². The zero-order chi connectivity index (χ0) is 19.0. The maximum absolute atomic E-state index is 12.2. The molecule has 0 spiro atoms. The number of thiazole rings is 1. The summed E-state index contributed by atoms with van der Waals surface area (Å²) in [6.45, 7) is 3.87. The second-order valence-electron chi connectivity index (χ2n) is 7.28. The summed E-state index contributed by atoms with van der Waals surface area (Å²) in [5.41, 5.74) is 1.91. The van der Waals surface area contributed by atoms with Crippen LogP contribution < -0.4 is 10.1 Å². The van der Waals surface area contributed by atoms with Crippen molar-refractivity contribution in [3.63, 3.8) is 0 Å². The minimum Gasteiger partial charge on any atom is -0.460 e. The minimum atomic E-state index is -0.379. The Balaban J connectivity index is 1.41. The number of Topliss-reactive ketones (excluding diaryl/α,β-unsaturated/α-hetero) is 1. The lowest BCUT2D eigenvalue weighted by atomic mass is 9.76. The molecule has 3 aromatic rings. The van der Waals surface area contributed by atoms with Gasteiger partial charge in [-0.1, -0.05) is 37.3 Å². The number of hydrogen-bond donors (Lipinski definition) is 1. The average molecular weight is 382 g/mol. The Hall–Kier alpha value is -2.87. The highest BCUT2D eigenvalue weighted by atomic mass is 32.1. The van der Waals surface area contributed by atoms with Gasteiger partial charge in [0, 0.05) is 12.6 Å². The molecule has 0 bridgehead atoms. The summed E-state index contributed by atoms with van der Waals surface area (Å²) in [4.78, 5) is 37.1. The summed E-state index contributed by atoms with van der Waals surface area (Å²) < 4.78 is 6.47. The van der Waals surface area contributed by atoms with Crippen LogP contribution in [0.3, 0.4) is 0 Å². The van der Waals surface area contributed by atoms with Gasteiger partial charge in [0.05, 0.1) is 21.5 Å². The molecule has 0 atom stereocenters. The molecule has 0 fully saturated rings. The summed E-state index contributed by atoms with van der Waals surface area (Å²) in [6, 6.07) is 7.67. The smallest absolute Gasteiger partial charge is 0.274 e. The van der Waals surface area contributed by atoms with Crippen molar-refractivity contribution in [2.75, 3.05) is 11.9 Å². The highest BCUT2D eigenvalue weighted by Gasteiger charge is 2.32. The number of nitrogens with zero attached hydrogens (tertiary/aromatic N) is 3. The normalized spacial score (nSPS) is 15.4. The van der Waals surface area contributed by atoms with E-state index in [0.29, 0.717) is 29.3 Å². The van der Waals surface area contributed by atoms with Crippen molar-refractivity contribution in [3.05, 3.63) is 41.7 Å². The number of benzene rings is 1. The fourth-order valence-electron chi connectivity index (χ4n) is 3.09. The third-order valence-corrected chi connectivity index (χ3v) is 5.25. The van der Waals surface area contributed by atoms with Gasteiger partial charge in [0.25, 0.3) is 11.1 Å². The molecule has 2 heterocycles.